The zero-order chi connectivity index (χ0) is 25.1. The van der Waals surface area contributed by atoms with Gasteiger partial charge in [-0.15, -0.1) is 0 Å². The first-order valence-corrected chi connectivity index (χ1v) is 12.4. The minimum Gasteiger partial charge on any atom is -0.489 e. The van der Waals surface area contributed by atoms with Gasteiger partial charge in [-0.05, 0) is 53.6 Å². The van der Waals surface area contributed by atoms with Crippen molar-refractivity contribution in [1.29, 1.82) is 5.41 Å². The molecule has 0 atom stereocenters. The summed E-state index contributed by atoms with van der Waals surface area (Å²) in [6, 6.07) is 15.4. The van der Waals surface area contributed by atoms with Crippen LogP contribution in [0.4, 0.5) is 0 Å². The second-order valence-corrected chi connectivity index (χ2v) is 9.51. The van der Waals surface area contributed by atoms with Gasteiger partial charge < -0.3 is 14.4 Å². The molecule has 9 nitrogen and oxygen atoms in total. The topological polar surface area (TPSA) is 108 Å². The number of nitrogens with zero attached hydrogens (tertiary/aromatic N) is 4. The zero-order valence-electron chi connectivity index (χ0n) is 19.8. The Labute approximate surface area is 213 Å². The predicted molar refractivity (Wildman–Crippen MR) is 139 cm³/mol. The Morgan fingerprint density at radius 1 is 1.17 bits per heavy atom. The Kier molecular flexibility index (Phi) is 6.97. The maximum absolute atomic E-state index is 12.7. The van der Waals surface area contributed by atoms with Gasteiger partial charge in [0.05, 0.1) is 25.2 Å². The van der Waals surface area contributed by atoms with Crippen molar-refractivity contribution in [3.05, 3.63) is 70.8 Å². The summed E-state index contributed by atoms with van der Waals surface area (Å²) in [7, 11) is 0. The summed E-state index contributed by atoms with van der Waals surface area (Å²) in [4.78, 5) is 31.1. The largest absolute Gasteiger partial charge is 0.489 e. The highest BCUT2D eigenvalue weighted by atomic mass is 32.2. The van der Waals surface area contributed by atoms with E-state index in [1.54, 1.807) is 11.0 Å². The highest BCUT2D eigenvalue weighted by Crippen LogP contribution is 2.30. The molecule has 0 aromatic heterocycles. The number of thioether (sulfide) groups is 1. The normalized spacial score (nSPS) is 18.8. The molecule has 2 aromatic rings. The fraction of sp³-hybridized carbons (Fsp3) is 0.269. The molecule has 1 N–H and O–H groups in total. The van der Waals surface area contributed by atoms with Crippen LogP contribution in [-0.4, -0.2) is 64.1 Å². The fourth-order valence-electron chi connectivity index (χ4n) is 3.92. The quantitative estimate of drug-likeness (QED) is 0.605. The lowest BCUT2D eigenvalue weighted by molar-refractivity contribution is -0.133. The number of benzene rings is 2. The van der Waals surface area contributed by atoms with E-state index >= 15 is 0 Å². The van der Waals surface area contributed by atoms with Gasteiger partial charge in [-0.3, -0.25) is 15.0 Å². The molecule has 0 aliphatic carbocycles. The first-order valence-electron chi connectivity index (χ1n) is 11.6. The highest BCUT2D eigenvalue weighted by molar-refractivity contribution is 8.27. The van der Waals surface area contributed by atoms with Gasteiger partial charge in [0.25, 0.3) is 5.91 Å². The molecule has 2 aromatic carbocycles. The Hall–Kier alpha value is -3.76. The molecule has 184 valence electrons. The number of aryl methyl sites for hydroxylation is 1. The van der Waals surface area contributed by atoms with Gasteiger partial charge in [0.2, 0.25) is 11.1 Å². The van der Waals surface area contributed by atoms with Gasteiger partial charge in [-0.1, -0.05) is 36.4 Å². The minimum atomic E-state index is -0.505. The summed E-state index contributed by atoms with van der Waals surface area (Å²) in [5.74, 6) is 0.0880. The third-order valence-corrected chi connectivity index (χ3v) is 6.92. The molecule has 0 saturated carbocycles. The van der Waals surface area contributed by atoms with Crippen LogP contribution in [0, 0.1) is 12.3 Å². The lowest BCUT2D eigenvalue weighted by atomic mass is 10.1. The summed E-state index contributed by atoms with van der Waals surface area (Å²) >= 11 is 1.15. The Morgan fingerprint density at radius 2 is 1.92 bits per heavy atom. The first-order chi connectivity index (χ1) is 17.5. The number of hydrogen-bond donors (Lipinski definition) is 1. The van der Waals surface area contributed by atoms with E-state index < -0.39 is 5.91 Å². The van der Waals surface area contributed by atoms with Crippen LogP contribution in [0.1, 0.15) is 23.1 Å². The number of hydrazone groups is 1. The van der Waals surface area contributed by atoms with Crippen LogP contribution in [0.3, 0.4) is 0 Å². The second kappa shape index (κ2) is 10.5. The molecule has 5 rings (SSSR count). The van der Waals surface area contributed by atoms with E-state index in [2.05, 4.69) is 10.1 Å². The Bertz CT molecular complexity index is 1300. The molecule has 3 aliphatic rings. The standard InChI is InChI=1S/C26H25N5O4S/c1-17-4-2-3-5-19(17)16-35-20-8-6-18(7-9-20)14-21-24(27)31-26(28-25(21)33)36-22(29-31)15-23(32)30-10-12-34-13-11-30/h2-9,14,27H,10-13,15-16H2,1H3. The van der Waals surface area contributed by atoms with Crippen LogP contribution in [0.2, 0.25) is 0 Å². The van der Waals surface area contributed by atoms with Gasteiger partial charge in [0, 0.05) is 13.1 Å². The number of carbonyl (C=O) groups is 2. The molecule has 0 radical (unpaired) electrons. The number of hydrogen-bond acceptors (Lipinski definition) is 7. The van der Waals surface area contributed by atoms with Gasteiger partial charge in [0.15, 0.2) is 5.84 Å². The molecule has 1 fully saturated rings. The van der Waals surface area contributed by atoms with Crippen molar-refractivity contribution in [3.8, 4) is 5.75 Å². The number of fused-ring (bicyclic) bond motifs is 1. The summed E-state index contributed by atoms with van der Waals surface area (Å²) in [6.45, 7) is 4.67. The maximum atomic E-state index is 12.7. The Balaban J connectivity index is 1.25. The van der Waals surface area contributed by atoms with Crippen molar-refractivity contribution in [1.82, 2.24) is 9.91 Å². The summed E-state index contributed by atoms with van der Waals surface area (Å²) in [6.07, 6.45) is 1.72. The third kappa shape index (κ3) is 5.24. The number of nitrogens with one attached hydrogen (secondary N) is 1. The molecule has 1 saturated heterocycles. The second-order valence-electron chi connectivity index (χ2n) is 8.47. The minimum absolute atomic E-state index is 0.0525. The smallest absolute Gasteiger partial charge is 0.283 e. The molecule has 0 unspecified atom stereocenters. The van der Waals surface area contributed by atoms with Crippen LogP contribution >= 0.6 is 11.8 Å². The maximum Gasteiger partial charge on any atom is 0.283 e. The van der Waals surface area contributed by atoms with E-state index in [1.807, 2.05) is 55.5 Å². The van der Waals surface area contributed by atoms with E-state index in [4.69, 9.17) is 14.9 Å². The molecule has 2 amide bonds. The van der Waals surface area contributed by atoms with Crippen LogP contribution in [0.5, 0.6) is 5.75 Å². The third-order valence-electron chi connectivity index (χ3n) is 6.01. The number of amides is 2. The Morgan fingerprint density at radius 3 is 2.67 bits per heavy atom. The number of aliphatic imine (C=N–C) groups is 1. The monoisotopic (exact) mass is 503 g/mol. The van der Waals surface area contributed by atoms with E-state index in [1.165, 1.54) is 10.6 Å². The van der Waals surface area contributed by atoms with Crippen LogP contribution in [0.15, 0.2) is 64.2 Å². The van der Waals surface area contributed by atoms with Gasteiger partial charge in [-0.2, -0.15) is 15.1 Å². The van der Waals surface area contributed by atoms with Gasteiger partial charge in [0.1, 0.15) is 17.4 Å². The molecular weight excluding hydrogens is 478 g/mol. The van der Waals surface area contributed by atoms with Crippen molar-refractivity contribution < 1.29 is 19.1 Å². The lowest BCUT2D eigenvalue weighted by Crippen LogP contribution is -2.41. The van der Waals surface area contributed by atoms with Crippen molar-refractivity contribution in [2.45, 2.75) is 20.0 Å². The van der Waals surface area contributed by atoms with E-state index in [0.717, 1.165) is 22.9 Å². The van der Waals surface area contributed by atoms with E-state index in [0.29, 0.717) is 48.9 Å². The molecule has 0 bridgehead atoms. The number of carbonyl (C=O) groups excluding carboxylic acids is 2. The molecule has 10 heteroatoms. The zero-order valence-corrected chi connectivity index (χ0v) is 20.6. The van der Waals surface area contributed by atoms with Crippen molar-refractivity contribution in [2.75, 3.05) is 26.3 Å². The van der Waals surface area contributed by atoms with E-state index in [9.17, 15) is 9.59 Å². The summed E-state index contributed by atoms with van der Waals surface area (Å²) in [5.41, 5.74) is 3.17. The molecule has 0 spiro atoms. The fourth-order valence-corrected chi connectivity index (χ4v) is 4.79. The van der Waals surface area contributed by atoms with Crippen LogP contribution < -0.4 is 4.74 Å². The number of rotatable bonds is 6. The van der Waals surface area contributed by atoms with Crippen molar-refractivity contribution >= 4 is 45.7 Å². The average Bonchev–Trinajstić information content (AvgIpc) is 3.29. The lowest BCUT2D eigenvalue weighted by Gasteiger charge is -2.26. The average molecular weight is 504 g/mol. The summed E-state index contributed by atoms with van der Waals surface area (Å²) < 4.78 is 11.2. The van der Waals surface area contributed by atoms with Crippen LogP contribution in [0.25, 0.3) is 6.08 Å². The predicted octanol–water partition coefficient (Wildman–Crippen LogP) is 3.44. The highest BCUT2D eigenvalue weighted by Gasteiger charge is 2.36. The van der Waals surface area contributed by atoms with E-state index in [-0.39, 0.29) is 23.7 Å². The van der Waals surface area contributed by atoms with Gasteiger partial charge >= 0.3 is 0 Å². The summed E-state index contributed by atoms with van der Waals surface area (Å²) in [5, 5.41) is 15.1. The molecule has 36 heavy (non-hydrogen) atoms. The number of ether oxygens (including phenoxy) is 2. The van der Waals surface area contributed by atoms with Crippen molar-refractivity contribution in [3.63, 3.8) is 0 Å². The van der Waals surface area contributed by atoms with Crippen LogP contribution in [-0.2, 0) is 20.9 Å². The molecule has 3 heterocycles. The number of morpholine rings is 1. The molecular formula is C26H25N5O4S. The van der Waals surface area contributed by atoms with Crippen molar-refractivity contribution in [2.24, 2.45) is 10.1 Å². The van der Waals surface area contributed by atoms with Gasteiger partial charge in [-0.25, -0.2) is 0 Å². The SMILES string of the molecule is Cc1ccccc1COc1ccc(C=C2C(=N)N3N=C(CC(=O)N4CCOCC4)SC3=NC2=O)cc1. The molecule has 3 aliphatic heterocycles. The number of amidine groups is 2. The first kappa shape index (κ1) is 24.0.